The van der Waals surface area contributed by atoms with E-state index in [-0.39, 0.29) is 6.61 Å². The summed E-state index contributed by atoms with van der Waals surface area (Å²) in [5.74, 6) is 7.26. The van der Waals surface area contributed by atoms with E-state index in [0.717, 1.165) is 38.0 Å². The topological polar surface area (TPSA) is 58.1 Å². The maximum Gasteiger partial charge on any atom is 0.137 e. The van der Waals surface area contributed by atoms with Gasteiger partial charge < -0.3 is 14.8 Å². The molecular formula is C18H16N2O2S. The Morgan fingerprint density at radius 3 is 2.87 bits per heavy atom. The Bertz CT molecular complexity index is 870. The van der Waals surface area contributed by atoms with Gasteiger partial charge in [-0.1, -0.05) is 11.8 Å². The molecule has 0 aliphatic carbocycles. The summed E-state index contributed by atoms with van der Waals surface area (Å²) in [5.41, 5.74) is 3.14. The number of imidazole rings is 1. The minimum atomic E-state index is -0.135. The zero-order valence-electron chi connectivity index (χ0n) is 12.9. The van der Waals surface area contributed by atoms with Crippen molar-refractivity contribution in [2.75, 3.05) is 13.7 Å². The zero-order chi connectivity index (χ0) is 16.2. The summed E-state index contributed by atoms with van der Waals surface area (Å²) in [5, 5.41) is 8.81. The summed E-state index contributed by atoms with van der Waals surface area (Å²) >= 11 is 1.57. The second-order valence-electron chi connectivity index (χ2n) is 4.93. The van der Waals surface area contributed by atoms with Crippen LogP contribution in [0.3, 0.4) is 0 Å². The number of hydrogen-bond acceptors (Lipinski definition) is 4. The van der Waals surface area contributed by atoms with Crippen molar-refractivity contribution in [3.05, 3.63) is 47.1 Å². The maximum absolute atomic E-state index is 8.81. The molecule has 3 rings (SSSR count). The van der Waals surface area contributed by atoms with Crippen LogP contribution in [0.25, 0.3) is 21.8 Å². The third-order valence-electron chi connectivity index (χ3n) is 3.46. The number of ether oxygens (including phenoxy) is 1. The number of aliphatic hydroxyl groups is 1. The van der Waals surface area contributed by atoms with Crippen LogP contribution in [-0.4, -0.2) is 28.8 Å². The number of aliphatic hydroxyl groups excluding tert-OH is 1. The molecule has 116 valence electrons. The van der Waals surface area contributed by atoms with Gasteiger partial charge in [-0.05, 0) is 36.8 Å². The highest BCUT2D eigenvalue weighted by molar-refractivity contribution is 7.16. The molecular weight excluding hydrogens is 308 g/mol. The lowest BCUT2D eigenvalue weighted by Gasteiger charge is -2.11. The lowest BCUT2D eigenvalue weighted by Crippen LogP contribution is -1.92. The van der Waals surface area contributed by atoms with Gasteiger partial charge in [0.25, 0.3) is 0 Å². The number of rotatable bonds is 3. The van der Waals surface area contributed by atoms with E-state index in [1.165, 1.54) is 0 Å². The summed E-state index contributed by atoms with van der Waals surface area (Å²) in [6.45, 7) is 1.90. The summed E-state index contributed by atoms with van der Waals surface area (Å²) in [7, 11) is 1.67. The fourth-order valence-corrected chi connectivity index (χ4v) is 3.29. The summed E-state index contributed by atoms with van der Waals surface area (Å²) in [6, 6.07) is 8.08. The molecule has 23 heavy (non-hydrogen) atoms. The zero-order valence-corrected chi connectivity index (χ0v) is 13.7. The molecule has 2 N–H and O–H groups in total. The van der Waals surface area contributed by atoms with E-state index < -0.39 is 0 Å². The minimum absolute atomic E-state index is 0.135. The van der Waals surface area contributed by atoms with Gasteiger partial charge in [0.2, 0.25) is 0 Å². The van der Waals surface area contributed by atoms with Crippen molar-refractivity contribution in [3.8, 4) is 39.4 Å². The quantitative estimate of drug-likeness (QED) is 0.725. The molecule has 4 nitrogen and oxygen atoms in total. The highest BCUT2D eigenvalue weighted by Gasteiger charge is 2.14. The highest BCUT2D eigenvalue weighted by Crippen LogP contribution is 2.38. The summed E-state index contributed by atoms with van der Waals surface area (Å²) in [6.07, 6.45) is 3.55. The van der Waals surface area contributed by atoms with Crippen LogP contribution in [0.5, 0.6) is 5.75 Å². The number of nitrogens with one attached hydrogen (secondary N) is 1. The predicted octanol–water partition coefficient (Wildman–Crippen LogP) is 3.47. The Hall–Kier alpha value is -2.55. The SMILES string of the molecule is COc1cc(C)c(-c2ncc[nH]2)cc1-c1ccc(C#CCO)s1. The molecule has 0 amide bonds. The molecule has 2 aromatic heterocycles. The van der Waals surface area contributed by atoms with Gasteiger partial charge in [0, 0.05) is 28.4 Å². The van der Waals surface area contributed by atoms with Crippen molar-refractivity contribution in [2.24, 2.45) is 0 Å². The summed E-state index contributed by atoms with van der Waals surface area (Å²) in [4.78, 5) is 9.46. The monoisotopic (exact) mass is 324 g/mol. The fraction of sp³-hybridized carbons (Fsp3) is 0.167. The van der Waals surface area contributed by atoms with Crippen LogP contribution < -0.4 is 4.74 Å². The molecule has 2 heterocycles. The van der Waals surface area contributed by atoms with Crippen LogP contribution in [0.1, 0.15) is 10.4 Å². The molecule has 0 bridgehead atoms. The van der Waals surface area contributed by atoms with Crippen molar-refractivity contribution >= 4 is 11.3 Å². The van der Waals surface area contributed by atoms with Gasteiger partial charge in [-0.15, -0.1) is 11.3 Å². The van der Waals surface area contributed by atoms with Gasteiger partial charge in [0.1, 0.15) is 18.2 Å². The molecule has 0 fully saturated rings. The van der Waals surface area contributed by atoms with Crippen molar-refractivity contribution in [1.82, 2.24) is 9.97 Å². The first-order valence-corrected chi connectivity index (χ1v) is 7.93. The number of nitrogens with zero attached hydrogens (tertiary/aromatic N) is 1. The first kappa shape index (κ1) is 15.3. The average molecular weight is 324 g/mol. The van der Waals surface area contributed by atoms with Crippen LogP contribution in [0, 0.1) is 18.8 Å². The second kappa shape index (κ2) is 6.69. The van der Waals surface area contributed by atoms with E-state index in [1.54, 1.807) is 24.6 Å². The maximum atomic E-state index is 8.81. The molecule has 1 aromatic carbocycles. The molecule has 0 saturated carbocycles. The number of methoxy groups -OCH3 is 1. The first-order valence-electron chi connectivity index (χ1n) is 7.11. The average Bonchev–Trinajstić information content (AvgIpc) is 3.24. The van der Waals surface area contributed by atoms with Crippen LogP contribution in [-0.2, 0) is 0 Å². The number of hydrogen-bond donors (Lipinski definition) is 2. The van der Waals surface area contributed by atoms with E-state index in [2.05, 4.69) is 27.9 Å². The molecule has 3 aromatic rings. The van der Waals surface area contributed by atoms with E-state index in [1.807, 2.05) is 31.3 Å². The van der Waals surface area contributed by atoms with E-state index in [0.29, 0.717) is 0 Å². The van der Waals surface area contributed by atoms with Gasteiger partial charge in [-0.2, -0.15) is 0 Å². The van der Waals surface area contributed by atoms with Crippen molar-refractivity contribution < 1.29 is 9.84 Å². The van der Waals surface area contributed by atoms with E-state index in [4.69, 9.17) is 9.84 Å². The smallest absolute Gasteiger partial charge is 0.137 e. The molecule has 0 unspecified atom stereocenters. The molecule has 0 aliphatic heterocycles. The molecule has 0 saturated heterocycles. The standard InChI is InChI=1S/C18H16N2O2S/c1-12-10-16(22-2)15(11-14(12)18-19-7-8-20-18)17-6-5-13(23-17)4-3-9-21/h5-8,10-11,21H,9H2,1-2H3,(H,19,20). The van der Waals surface area contributed by atoms with Gasteiger partial charge >= 0.3 is 0 Å². The predicted molar refractivity (Wildman–Crippen MR) is 92.6 cm³/mol. The Kier molecular flexibility index (Phi) is 4.47. The molecule has 0 radical (unpaired) electrons. The van der Waals surface area contributed by atoms with Gasteiger partial charge in [0.15, 0.2) is 0 Å². The minimum Gasteiger partial charge on any atom is -0.496 e. The number of aromatic nitrogens is 2. The van der Waals surface area contributed by atoms with Crippen LogP contribution in [0.15, 0.2) is 36.7 Å². The lowest BCUT2D eigenvalue weighted by molar-refractivity contribution is 0.350. The number of benzene rings is 1. The largest absolute Gasteiger partial charge is 0.496 e. The molecule has 0 spiro atoms. The van der Waals surface area contributed by atoms with E-state index >= 15 is 0 Å². The highest BCUT2D eigenvalue weighted by atomic mass is 32.1. The second-order valence-corrected chi connectivity index (χ2v) is 6.01. The molecule has 0 atom stereocenters. The Labute approximate surface area is 138 Å². The fourth-order valence-electron chi connectivity index (χ4n) is 2.39. The Balaban J connectivity index is 2.10. The summed E-state index contributed by atoms with van der Waals surface area (Å²) < 4.78 is 5.54. The van der Waals surface area contributed by atoms with Gasteiger partial charge in [-0.25, -0.2) is 4.98 Å². The third kappa shape index (κ3) is 3.14. The lowest BCUT2D eigenvalue weighted by atomic mass is 10.0. The third-order valence-corrected chi connectivity index (χ3v) is 4.50. The number of H-pyrrole nitrogens is 1. The molecule has 0 aliphatic rings. The normalized spacial score (nSPS) is 10.2. The van der Waals surface area contributed by atoms with Crippen molar-refractivity contribution in [3.63, 3.8) is 0 Å². The van der Waals surface area contributed by atoms with Gasteiger partial charge in [0.05, 0.1) is 12.0 Å². The van der Waals surface area contributed by atoms with Crippen LogP contribution in [0.2, 0.25) is 0 Å². The van der Waals surface area contributed by atoms with Gasteiger partial charge in [-0.3, -0.25) is 0 Å². The van der Waals surface area contributed by atoms with Crippen molar-refractivity contribution in [1.29, 1.82) is 0 Å². The Morgan fingerprint density at radius 1 is 1.30 bits per heavy atom. The van der Waals surface area contributed by atoms with Crippen LogP contribution >= 0.6 is 11.3 Å². The number of aryl methyl sites for hydroxylation is 1. The number of thiophene rings is 1. The number of aromatic amines is 1. The molecule has 5 heteroatoms. The van der Waals surface area contributed by atoms with E-state index in [9.17, 15) is 0 Å². The van der Waals surface area contributed by atoms with Crippen molar-refractivity contribution in [2.45, 2.75) is 6.92 Å². The van der Waals surface area contributed by atoms with Crippen LogP contribution in [0.4, 0.5) is 0 Å². The Morgan fingerprint density at radius 2 is 2.17 bits per heavy atom. The first-order chi connectivity index (χ1) is 11.2.